The van der Waals surface area contributed by atoms with Crippen LogP contribution >= 0.6 is 0 Å². The monoisotopic (exact) mass is 295 g/mol. The second-order valence-electron chi connectivity index (χ2n) is 4.82. The van der Waals surface area contributed by atoms with E-state index in [9.17, 15) is 4.79 Å². The van der Waals surface area contributed by atoms with Gasteiger partial charge in [-0.3, -0.25) is 4.79 Å². The van der Waals surface area contributed by atoms with E-state index in [2.05, 4.69) is 0 Å². The molecule has 0 bridgehead atoms. The van der Waals surface area contributed by atoms with Crippen LogP contribution in [-0.4, -0.2) is 24.3 Å². The van der Waals surface area contributed by atoms with Gasteiger partial charge in [0.2, 0.25) is 0 Å². The summed E-state index contributed by atoms with van der Waals surface area (Å²) in [7, 11) is 0. The minimum absolute atomic E-state index is 0.117. The number of carboxylic acids is 1. The lowest BCUT2D eigenvalue weighted by atomic mass is 10.0. The van der Waals surface area contributed by atoms with Gasteiger partial charge in [0.1, 0.15) is 0 Å². The second-order valence-corrected chi connectivity index (χ2v) is 4.82. The minimum Gasteiger partial charge on any atom is -0.490 e. The number of unbranched alkanes of at least 4 members (excludes halogenated alkanes) is 1. The van der Waals surface area contributed by atoms with E-state index in [1.807, 2.05) is 32.0 Å². The predicted molar refractivity (Wildman–Crippen MR) is 81.8 cm³/mol. The zero-order chi connectivity index (χ0) is 15.7. The van der Waals surface area contributed by atoms with Crippen molar-refractivity contribution in [3.63, 3.8) is 0 Å². The number of ether oxygens (including phenoxy) is 2. The number of rotatable bonds is 10. The fourth-order valence-corrected chi connectivity index (χ4v) is 2.11. The molecule has 0 aliphatic heterocycles. The Morgan fingerprint density at radius 2 is 1.86 bits per heavy atom. The molecule has 1 rings (SSSR count). The molecular formula is C16H25NO4. The Hall–Kier alpha value is -1.75. The zero-order valence-corrected chi connectivity index (χ0v) is 12.8. The van der Waals surface area contributed by atoms with Crippen molar-refractivity contribution in [1.82, 2.24) is 0 Å². The lowest BCUT2D eigenvalue weighted by Gasteiger charge is -2.16. The van der Waals surface area contributed by atoms with Crippen LogP contribution < -0.4 is 15.2 Å². The summed E-state index contributed by atoms with van der Waals surface area (Å²) < 4.78 is 11.1. The first-order valence-electron chi connectivity index (χ1n) is 7.45. The molecule has 1 unspecified atom stereocenters. The van der Waals surface area contributed by atoms with Gasteiger partial charge in [-0.15, -0.1) is 0 Å². The van der Waals surface area contributed by atoms with E-state index >= 15 is 0 Å². The fraction of sp³-hybridized carbons (Fsp3) is 0.562. The van der Waals surface area contributed by atoms with Crippen molar-refractivity contribution in [2.45, 2.75) is 45.6 Å². The first-order valence-corrected chi connectivity index (χ1v) is 7.45. The summed E-state index contributed by atoms with van der Waals surface area (Å²) in [5.74, 6) is 0.669. The standard InChI is InChI=1S/C16H25NO4/c1-3-20-14-10-9-12(11-15(14)21-4-2)13(17)7-5-6-8-16(18)19/h9-11,13H,3-8,17H2,1-2H3,(H,18,19). The third-order valence-electron chi connectivity index (χ3n) is 3.15. The molecule has 0 saturated heterocycles. The average Bonchev–Trinajstić information content (AvgIpc) is 2.45. The molecule has 0 saturated carbocycles. The molecule has 5 nitrogen and oxygen atoms in total. The van der Waals surface area contributed by atoms with Crippen molar-refractivity contribution in [2.75, 3.05) is 13.2 Å². The van der Waals surface area contributed by atoms with E-state index < -0.39 is 5.97 Å². The van der Waals surface area contributed by atoms with Crippen molar-refractivity contribution in [3.05, 3.63) is 23.8 Å². The molecule has 0 heterocycles. The van der Waals surface area contributed by atoms with Crippen molar-refractivity contribution in [1.29, 1.82) is 0 Å². The van der Waals surface area contributed by atoms with Crippen LogP contribution in [0.3, 0.4) is 0 Å². The van der Waals surface area contributed by atoms with Crippen molar-refractivity contribution in [2.24, 2.45) is 5.73 Å². The summed E-state index contributed by atoms with van der Waals surface area (Å²) >= 11 is 0. The first-order chi connectivity index (χ1) is 10.1. The predicted octanol–water partition coefficient (Wildman–Crippen LogP) is 3.13. The highest BCUT2D eigenvalue weighted by Gasteiger charge is 2.11. The molecule has 1 aromatic carbocycles. The number of benzene rings is 1. The number of carbonyl (C=O) groups is 1. The average molecular weight is 295 g/mol. The lowest BCUT2D eigenvalue weighted by molar-refractivity contribution is -0.137. The van der Waals surface area contributed by atoms with E-state index in [4.69, 9.17) is 20.3 Å². The number of aliphatic carboxylic acids is 1. The summed E-state index contributed by atoms with van der Waals surface area (Å²) in [6.07, 6.45) is 2.40. The van der Waals surface area contributed by atoms with Crippen LogP contribution in [-0.2, 0) is 4.79 Å². The molecule has 5 heteroatoms. The van der Waals surface area contributed by atoms with Gasteiger partial charge >= 0.3 is 5.97 Å². The third kappa shape index (κ3) is 6.04. The maximum absolute atomic E-state index is 10.5. The molecule has 3 N–H and O–H groups in total. The van der Waals surface area contributed by atoms with Crippen LogP contribution in [0.5, 0.6) is 11.5 Å². The van der Waals surface area contributed by atoms with Crippen LogP contribution in [0.25, 0.3) is 0 Å². The van der Waals surface area contributed by atoms with E-state index in [1.165, 1.54) is 0 Å². The Morgan fingerprint density at radius 1 is 1.19 bits per heavy atom. The minimum atomic E-state index is -0.761. The molecular weight excluding hydrogens is 270 g/mol. The Labute approximate surface area is 126 Å². The van der Waals surface area contributed by atoms with Crippen LogP contribution in [0.2, 0.25) is 0 Å². The molecule has 0 aliphatic carbocycles. The smallest absolute Gasteiger partial charge is 0.303 e. The summed E-state index contributed by atoms with van der Waals surface area (Å²) in [5.41, 5.74) is 7.14. The third-order valence-corrected chi connectivity index (χ3v) is 3.15. The van der Waals surface area contributed by atoms with Crippen molar-refractivity contribution >= 4 is 5.97 Å². The number of hydrogen-bond donors (Lipinski definition) is 2. The second kappa shape index (κ2) is 9.23. The molecule has 0 amide bonds. The number of hydrogen-bond acceptors (Lipinski definition) is 4. The van der Waals surface area contributed by atoms with Gasteiger partial charge in [0.05, 0.1) is 13.2 Å². The summed E-state index contributed by atoms with van der Waals surface area (Å²) in [5, 5.41) is 8.61. The van der Waals surface area contributed by atoms with Crippen LogP contribution in [0.15, 0.2) is 18.2 Å². The lowest BCUT2D eigenvalue weighted by Crippen LogP contribution is -2.11. The van der Waals surface area contributed by atoms with Gasteiger partial charge in [-0.2, -0.15) is 0 Å². The van der Waals surface area contributed by atoms with Gasteiger partial charge in [0, 0.05) is 12.5 Å². The van der Waals surface area contributed by atoms with Gasteiger partial charge in [-0.05, 0) is 44.4 Å². The molecule has 1 atom stereocenters. The maximum Gasteiger partial charge on any atom is 0.303 e. The first kappa shape index (κ1) is 17.3. The summed E-state index contributed by atoms with van der Waals surface area (Å²) in [6, 6.07) is 5.61. The molecule has 0 aliphatic rings. The highest BCUT2D eigenvalue weighted by Crippen LogP contribution is 2.31. The van der Waals surface area contributed by atoms with Gasteiger partial charge in [-0.25, -0.2) is 0 Å². The highest BCUT2D eigenvalue weighted by atomic mass is 16.5. The molecule has 21 heavy (non-hydrogen) atoms. The van der Waals surface area contributed by atoms with Crippen LogP contribution in [0.1, 0.15) is 51.1 Å². The molecule has 1 aromatic rings. The topological polar surface area (TPSA) is 81.8 Å². The van der Waals surface area contributed by atoms with E-state index in [1.54, 1.807) is 0 Å². The van der Waals surface area contributed by atoms with Crippen LogP contribution in [0.4, 0.5) is 0 Å². The summed E-state index contributed by atoms with van der Waals surface area (Å²) in [4.78, 5) is 10.5. The molecule has 118 valence electrons. The Balaban J connectivity index is 2.64. The van der Waals surface area contributed by atoms with Crippen LogP contribution in [0, 0.1) is 0 Å². The highest BCUT2D eigenvalue weighted by molar-refractivity contribution is 5.66. The van der Waals surface area contributed by atoms with E-state index in [0.717, 1.165) is 24.2 Å². The van der Waals surface area contributed by atoms with Gasteiger partial charge < -0.3 is 20.3 Å². The SMILES string of the molecule is CCOc1ccc(C(N)CCCCC(=O)O)cc1OCC. The maximum atomic E-state index is 10.5. The van der Waals surface area contributed by atoms with E-state index in [-0.39, 0.29) is 12.5 Å². The Kier molecular flexibility index (Phi) is 7.61. The van der Waals surface area contributed by atoms with Gasteiger partial charge in [0.15, 0.2) is 11.5 Å². The largest absolute Gasteiger partial charge is 0.490 e. The van der Waals surface area contributed by atoms with Crippen molar-refractivity contribution in [3.8, 4) is 11.5 Å². The van der Waals surface area contributed by atoms with E-state index in [0.29, 0.717) is 25.4 Å². The van der Waals surface area contributed by atoms with Gasteiger partial charge in [0.25, 0.3) is 0 Å². The fourth-order valence-electron chi connectivity index (χ4n) is 2.11. The molecule has 0 fully saturated rings. The quantitative estimate of drug-likeness (QED) is 0.648. The number of carboxylic acid groups (broad SMARTS) is 1. The number of nitrogens with two attached hydrogens (primary N) is 1. The molecule has 0 radical (unpaired) electrons. The zero-order valence-electron chi connectivity index (χ0n) is 12.8. The molecule has 0 aromatic heterocycles. The Bertz CT molecular complexity index is 448. The van der Waals surface area contributed by atoms with Crippen molar-refractivity contribution < 1.29 is 19.4 Å². The van der Waals surface area contributed by atoms with Gasteiger partial charge in [-0.1, -0.05) is 12.5 Å². The Morgan fingerprint density at radius 3 is 2.48 bits per heavy atom. The summed E-state index contributed by atoms with van der Waals surface area (Å²) in [6.45, 7) is 5.00. The normalized spacial score (nSPS) is 12.0. The molecule has 0 spiro atoms.